The number of hydrogen-bond acceptors (Lipinski definition) is 6. The van der Waals surface area contributed by atoms with Gasteiger partial charge in [0.15, 0.2) is 0 Å². The second-order valence-electron chi connectivity index (χ2n) is 8.13. The number of hydrogen-bond donors (Lipinski definition) is 1. The van der Waals surface area contributed by atoms with Gasteiger partial charge in [0.25, 0.3) is 5.91 Å². The summed E-state index contributed by atoms with van der Waals surface area (Å²) in [5, 5.41) is 2.38. The van der Waals surface area contributed by atoms with Gasteiger partial charge in [-0.2, -0.15) is 0 Å². The summed E-state index contributed by atoms with van der Waals surface area (Å²) < 4.78 is 10.1. The Hall–Kier alpha value is -3.10. The normalized spacial score (nSPS) is 18.6. The molecule has 29 heavy (non-hydrogen) atoms. The molecule has 0 unspecified atom stereocenters. The van der Waals surface area contributed by atoms with Crippen LogP contribution in [0.3, 0.4) is 0 Å². The average Bonchev–Trinajstić information content (AvgIpc) is 2.90. The number of carbonyl (C=O) groups is 4. The molecule has 0 atom stereocenters. The van der Waals surface area contributed by atoms with Crippen molar-refractivity contribution in [2.75, 3.05) is 25.1 Å². The Kier molecular flexibility index (Phi) is 5.25. The molecule has 0 aliphatic carbocycles. The Morgan fingerprint density at radius 1 is 1.07 bits per heavy atom. The van der Waals surface area contributed by atoms with Crippen LogP contribution in [0, 0.1) is 0 Å². The Morgan fingerprint density at radius 3 is 2.17 bits per heavy atom. The molecule has 2 aliphatic rings. The maximum absolute atomic E-state index is 12.7. The van der Waals surface area contributed by atoms with Crippen LogP contribution >= 0.6 is 0 Å². The highest BCUT2D eigenvalue weighted by Crippen LogP contribution is 2.37. The first-order chi connectivity index (χ1) is 13.6. The van der Waals surface area contributed by atoms with Crippen molar-refractivity contribution in [2.24, 2.45) is 0 Å². The van der Waals surface area contributed by atoms with Crippen LogP contribution in [-0.4, -0.2) is 60.2 Å². The van der Waals surface area contributed by atoms with Crippen LogP contribution in [0.2, 0.25) is 0 Å². The topological polar surface area (TPSA) is 105 Å². The van der Waals surface area contributed by atoms with Crippen molar-refractivity contribution in [3.8, 4) is 0 Å². The van der Waals surface area contributed by atoms with Gasteiger partial charge in [0.05, 0.1) is 12.7 Å². The van der Waals surface area contributed by atoms with Crippen molar-refractivity contribution in [2.45, 2.75) is 44.8 Å². The van der Waals surface area contributed by atoms with Crippen LogP contribution in [0.15, 0.2) is 24.3 Å². The fourth-order valence-electron chi connectivity index (χ4n) is 3.63. The van der Waals surface area contributed by atoms with Crippen LogP contribution in [0.5, 0.6) is 0 Å². The van der Waals surface area contributed by atoms with Gasteiger partial charge >= 0.3 is 18.1 Å². The fourth-order valence-corrected chi connectivity index (χ4v) is 3.63. The largest absolute Gasteiger partial charge is 0.465 e. The SMILES string of the molecule is COC(=O)c1ccc(N2C(=O)NC(=O)C23CCN(C(=O)OC(C)(C)C)CC3)cc1. The molecule has 2 saturated heterocycles. The number of likely N-dealkylation sites (tertiary alicyclic amines) is 1. The first-order valence-electron chi connectivity index (χ1n) is 9.39. The van der Waals surface area contributed by atoms with Gasteiger partial charge in [0.2, 0.25) is 0 Å². The number of carbonyl (C=O) groups excluding carboxylic acids is 4. The predicted molar refractivity (Wildman–Crippen MR) is 104 cm³/mol. The smallest absolute Gasteiger partial charge is 0.410 e. The van der Waals surface area contributed by atoms with E-state index in [2.05, 4.69) is 10.1 Å². The van der Waals surface area contributed by atoms with Crippen molar-refractivity contribution in [3.63, 3.8) is 0 Å². The third kappa shape index (κ3) is 3.90. The summed E-state index contributed by atoms with van der Waals surface area (Å²) in [5.41, 5.74) is -0.856. The van der Waals surface area contributed by atoms with Crippen LogP contribution < -0.4 is 10.2 Å². The maximum atomic E-state index is 12.7. The molecule has 2 aliphatic heterocycles. The first-order valence-corrected chi connectivity index (χ1v) is 9.39. The Labute approximate surface area is 168 Å². The predicted octanol–water partition coefficient (Wildman–Crippen LogP) is 2.30. The van der Waals surface area contributed by atoms with Gasteiger partial charge in [-0.15, -0.1) is 0 Å². The Morgan fingerprint density at radius 2 is 1.66 bits per heavy atom. The zero-order chi connectivity index (χ0) is 21.4. The number of methoxy groups -OCH3 is 1. The van der Waals surface area contributed by atoms with E-state index in [0.717, 1.165) is 0 Å². The van der Waals surface area contributed by atoms with Crippen LogP contribution in [0.25, 0.3) is 0 Å². The summed E-state index contributed by atoms with van der Waals surface area (Å²) in [6, 6.07) is 5.77. The Balaban J connectivity index is 1.81. The lowest BCUT2D eigenvalue weighted by Gasteiger charge is -2.42. The standard InChI is InChI=1S/C20H25N3O6/c1-19(2,3)29-18(27)22-11-9-20(10-12-22)16(25)21-17(26)23(20)14-7-5-13(6-8-14)15(24)28-4/h5-8H,9-12H2,1-4H3,(H,21,25,26). The summed E-state index contributed by atoms with van der Waals surface area (Å²) in [6.07, 6.45) is 0.122. The number of anilines is 1. The number of urea groups is 1. The molecule has 2 fully saturated rings. The number of benzene rings is 1. The minimum atomic E-state index is -1.08. The number of ether oxygens (including phenoxy) is 2. The number of imide groups is 1. The van der Waals surface area contributed by atoms with Gasteiger partial charge in [-0.05, 0) is 57.9 Å². The van der Waals surface area contributed by atoms with E-state index >= 15 is 0 Å². The lowest BCUT2D eigenvalue weighted by molar-refractivity contribution is -0.124. The number of nitrogens with zero attached hydrogens (tertiary/aromatic N) is 2. The highest BCUT2D eigenvalue weighted by Gasteiger charge is 2.55. The number of piperidine rings is 1. The van der Waals surface area contributed by atoms with Crippen LogP contribution in [-0.2, 0) is 14.3 Å². The third-order valence-electron chi connectivity index (χ3n) is 5.06. The summed E-state index contributed by atoms with van der Waals surface area (Å²) in [4.78, 5) is 52.2. The summed E-state index contributed by atoms with van der Waals surface area (Å²) >= 11 is 0. The minimum Gasteiger partial charge on any atom is -0.465 e. The molecule has 156 valence electrons. The molecule has 1 aromatic rings. The second kappa shape index (κ2) is 7.38. The van der Waals surface area contributed by atoms with Gasteiger partial charge in [0, 0.05) is 18.8 Å². The van der Waals surface area contributed by atoms with Gasteiger partial charge in [-0.3, -0.25) is 15.0 Å². The van der Waals surface area contributed by atoms with E-state index in [1.165, 1.54) is 12.0 Å². The molecular weight excluding hydrogens is 378 g/mol. The van der Waals surface area contributed by atoms with E-state index in [1.807, 2.05) is 0 Å². The van der Waals surface area contributed by atoms with Crippen molar-refractivity contribution in [1.82, 2.24) is 10.2 Å². The summed E-state index contributed by atoms with van der Waals surface area (Å²) in [7, 11) is 1.29. The molecule has 1 spiro atoms. The first kappa shape index (κ1) is 20.6. The highest BCUT2D eigenvalue weighted by atomic mass is 16.6. The van der Waals surface area contributed by atoms with E-state index in [4.69, 9.17) is 4.74 Å². The van der Waals surface area contributed by atoms with Crippen LogP contribution in [0.4, 0.5) is 15.3 Å². The van der Waals surface area contributed by atoms with Gasteiger partial charge in [-0.1, -0.05) is 0 Å². The zero-order valence-electron chi connectivity index (χ0n) is 17.0. The van der Waals surface area contributed by atoms with Crippen molar-refractivity contribution < 1.29 is 28.7 Å². The molecule has 0 radical (unpaired) electrons. The molecule has 3 rings (SSSR count). The van der Waals surface area contributed by atoms with E-state index in [-0.39, 0.29) is 31.8 Å². The van der Waals surface area contributed by atoms with Crippen LogP contribution in [0.1, 0.15) is 44.0 Å². The number of esters is 1. The molecule has 1 N–H and O–H groups in total. The molecule has 4 amide bonds. The highest BCUT2D eigenvalue weighted by molar-refractivity contribution is 6.17. The monoisotopic (exact) mass is 403 g/mol. The average molecular weight is 403 g/mol. The van der Waals surface area contributed by atoms with E-state index in [0.29, 0.717) is 11.3 Å². The Bertz CT molecular complexity index is 835. The molecule has 9 nitrogen and oxygen atoms in total. The molecule has 1 aromatic carbocycles. The van der Waals surface area contributed by atoms with E-state index < -0.39 is 29.2 Å². The molecular formula is C20H25N3O6. The van der Waals surface area contributed by atoms with Gasteiger partial charge in [0.1, 0.15) is 11.1 Å². The molecule has 0 aromatic heterocycles. The van der Waals surface area contributed by atoms with Crippen molar-refractivity contribution in [3.05, 3.63) is 29.8 Å². The van der Waals surface area contributed by atoms with Crippen molar-refractivity contribution >= 4 is 29.7 Å². The van der Waals surface area contributed by atoms with E-state index in [9.17, 15) is 19.2 Å². The minimum absolute atomic E-state index is 0.280. The second-order valence-corrected chi connectivity index (χ2v) is 8.13. The number of rotatable bonds is 2. The summed E-state index contributed by atoms with van der Waals surface area (Å²) in [5.74, 6) is -0.873. The molecule has 9 heteroatoms. The number of amides is 4. The molecule has 0 bridgehead atoms. The quantitative estimate of drug-likeness (QED) is 0.600. The lowest BCUT2D eigenvalue weighted by atomic mass is 9.85. The zero-order valence-corrected chi connectivity index (χ0v) is 17.0. The fraction of sp³-hybridized carbons (Fsp3) is 0.500. The maximum Gasteiger partial charge on any atom is 0.410 e. The lowest BCUT2D eigenvalue weighted by Crippen LogP contribution is -2.58. The van der Waals surface area contributed by atoms with Gasteiger partial charge < -0.3 is 14.4 Å². The molecule has 2 heterocycles. The van der Waals surface area contributed by atoms with E-state index in [1.54, 1.807) is 49.9 Å². The van der Waals surface area contributed by atoms with Crippen molar-refractivity contribution in [1.29, 1.82) is 0 Å². The van der Waals surface area contributed by atoms with Gasteiger partial charge in [-0.25, -0.2) is 14.4 Å². The third-order valence-corrected chi connectivity index (χ3v) is 5.06. The number of nitrogens with one attached hydrogen (secondary N) is 1. The summed E-state index contributed by atoms with van der Waals surface area (Å²) in [6.45, 7) is 5.94. The molecule has 0 saturated carbocycles.